The van der Waals surface area contributed by atoms with Crippen LogP contribution in [0, 0.1) is 5.82 Å². The molecular weight excluding hydrogens is 497 g/mol. The number of carbonyl (C=O) groups excluding carboxylic acids is 1. The number of benzene rings is 4. The maximum Gasteiger partial charge on any atom is 0.257 e. The molecule has 1 amide bonds. The smallest absolute Gasteiger partial charge is 0.257 e. The zero-order valence-corrected chi connectivity index (χ0v) is 21.8. The molecule has 0 fully saturated rings. The van der Waals surface area contributed by atoms with Crippen LogP contribution in [-0.4, -0.2) is 14.3 Å². The second-order valence-corrected chi connectivity index (χ2v) is 10.5. The maximum absolute atomic E-state index is 13.1. The van der Waals surface area contributed by atoms with Gasteiger partial charge in [0.25, 0.3) is 5.91 Å². The Morgan fingerprint density at radius 1 is 0.763 bits per heavy atom. The van der Waals surface area contributed by atoms with E-state index in [0.29, 0.717) is 5.56 Å². The van der Waals surface area contributed by atoms with Gasteiger partial charge in [-0.05, 0) is 63.6 Å². The van der Waals surface area contributed by atoms with Gasteiger partial charge < -0.3 is 0 Å². The van der Waals surface area contributed by atoms with Gasteiger partial charge >= 0.3 is 0 Å². The third-order valence-electron chi connectivity index (χ3n) is 5.99. The number of hydrogen-bond donors (Lipinski definition) is 1. The predicted octanol–water partition coefficient (Wildman–Crippen LogP) is 6.85. The molecule has 0 heterocycles. The van der Waals surface area contributed by atoms with Gasteiger partial charge in [0.1, 0.15) is 5.82 Å². The molecule has 4 rings (SSSR count). The molecular formula is C32H28FNO3S. The Bertz CT molecular complexity index is 1540. The Morgan fingerprint density at radius 3 is 1.89 bits per heavy atom. The van der Waals surface area contributed by atoms with Crippen LogP contribution in [0.5, 0.6) is 0 Å². The fraction of sp³-hybridized carbons (Fsp3) is 0.0938. The summed E-state index contributed by atoms with van der Waals surface area (Å²) in [6, 6.07) is 33.4. The van der Waals surface area contributed by atoms with Gasteiger partial charge in [0.05, 0.1) is 5.75 Å². The highest BCUT2D eigenvalue weighted by Crippen LogP contribution is 2.34. The average molecular weight is 526 g/mol. The van der Waals surface area contributed by atoms with Gasteiger partial charge in [-0.3, -0.25) is 4.79 Å². The van der Waals surface area contributed by atoms with E-state index in [9.17, 15) is 17.6 Å². The zero-order valence-electron chi connectivity index (χ0n) is 21.0. The molecule has 0 aromatic heterocycles. The van der Waals surface area contributed by atoms with Crippen molar-refractivity contribution in [2.75, 3.05) is 0 Å². The van der Waals surface area contributed by atoms with E-state index in [-0.39, 0.29) is 0 Å². The molecule has 0 aliphatic carbocycles. The normalized spacial score (nSPS) is 12.3. The number of halogens is 1. The second-order valence-electron chi connectivity index (χ2n) is 8.75. The van der Waals surface area contributed by atoms with Crippen LogP contribution < -0.4 is 4.72 Å². The highest BCUT2D eigenvalue weighted by molar-refractivity contribution is 7.89. The zero-order chi connectivity index (χ0) is 27.0. The Kier molecular flexibility index (Phi) is 8.66. The molecule has 192 valence electrons. The lowest BCUT2D eigenvalue weighted by molar-refractivity contribution is -0.114. The fourth-order valence-electron chi connectivity index (χ4n) is 4.24. The van der Waals surface area contributed by atoms with E-state index in [1.165, 1.54) is 35.9 Å². The Balaban J connectivity index is 1.54. The number of amides is 1. The lowest BCUT2D eigenvalue weighted by Crippen LogP contribution is -2.30. The molecule has 0 saturated carbocycles. The van der Waals surface area contributed by atoms with Gasteiger partial charge in [0, 0.05) is 6.08 Å². The third-order valence-corrected chi connectivity index (χ3v) is 7.22. The van der Waals surface area contributed by atoms with Crippen molar-refractivity contribution < 1.29 is 17.6 Å². The van der Waals surface area contributed by atoms with Crippen LogP contribution in [0.4, 0.5) is 4.39 Å². The van der Waals surface area contributed by atoms with E-state index >= 15 is 0 Å². The molecule has 4 aromatic rings. The average Bonchev–Trinajstić information content (AvgIpc) is 2.93. The van der Waals surface area contributed by atoms with Crippen molar-refractivity contribution in [1.29, 1.82) is 0 Å². The summed E-state index contributed by atoms with van der Waals surface area (Å²) in [5.74, 6) is -1.63. The van der Waals surface area contributed by atoms with Crippen LogP contribution in [0.2, 0.25) is 0 Å². The molecule has 6 heteroatoms. The summed E-state index contributed by atoms with van der Waals surface area (Å²) in [7, 11) is -3.92. The maximum atomic E-state index is 13.1. The summed E-state index contributed by atoms with van der Waals surface area (Å²) in [5, 5.41) is 0. The van der Waals surface area contributed by atoms with Gasteiger partial charge in [0.2, 0.25) is 10.0 Å². The molecule has 0 aliphatic heterocycles. The number of rotatable bonds is 9. The van der Waals surface area contributed by atoms with E-state index in [2.05, 4.69) is 31.2 Å². The molecule has 0 atom stereocenters. The molecule has 0 spiro atoms. The van der Waals surface area contributed by atoms with Crippen molar-refractivity contribution in [1.82, 2.24) is 4.72 Å². The van der Waals surface area contributed by atoms with Crippen molar-refractivity contribution in [2.24, 2.45) is 0 Å². The van der Waals surface area contributed by atoms with Crippen molar-refractivity contribution in [2.45, 2.75) is 19.1 Å². The van der Waals surface area contributed by atoms with E-state index in [1.54, 1.807) is 6.08 Å². The molecule has 0 unspecified atom stereocenters. The van der Waals surface area contributed by atoms with Gasteiger partial charge in [-0.1, -0.05) is 104 Å². The van der Waals surface area contributed by atoms with Crippen LogP contribution in [0.3, 0.4) is 0 Å². The number of hydrogen-bond acceptors (Lipinski definition) is 3. The van der Waals surface area contributed by atoms with E-state index in [0.717, 1.165) is 34.2 Å². The van der Waals surface area contributed by atoms with E-state index in [4.69, 9.17) is 0 Å². The minimum absolute atomic E-state index is 0.385. The Hall–Kier alpha value is -4.29. The summed E-state index contributed by atoms with van der Waals surface area (Å²) in [6.45, 7) is 2.14. The first kappa shape index (κ1) is 26.8. The topological polar surface area (TPSA) is 63.2 Å². The van der Waals surface area contributed by atoms with Crippen molar-refractivity contribution in [3.8, 4) is 0 Å². The Labute approximate surface area is 223 Å². The van der Waals surface area contributed by atoms with Gasteiger partial charge in [0.15, 0.2) is 0 Å². The molecule has 1 N–H and O–H groups in total. The first-order valence-corrected chi connectivity index (χ1v) is 13.9. The van der Waals surface area contributed by atoms with Crippen LogP contribution in [-0.2, 0) is 20.6 Å². The second kappa shape index (κ2) is 12.3. The standard InChI is InChI=1S/C32H28FNO3S/c1-2-30(26-9-5-3-6-10-26)32(27-11-7-4-8-12-27)28-18-13-24(14-19-28)17-22-31(35)34-38(36,37)23-25-15-20-29(33)21-16-25/h3-22H,2,23H2,1H3,(H,34,35)/b22-17+,32-30-. The molecule has 4 nitrogen and oxygen atoms in total. The summed E-state index contributed by atoms with van der Waals surface area (Å²) in [4.78, 5) is 12.3. The van der Waals surface area contributed by atoms with E-state index in [1.807, 2.05) is 65.4 Å². The third kappa shape index (κ3) is 7.14. The molecule has 0 aliphatic rings. The van der Waals surface area contributed by atoms with Crippen LogP contribution in [0.15, 0.2) is 115 Å². The molecule has 38 heavy (non-hydrogen) atoms. The van der Waals surface area contributed by atoms with Crippen LogP contribution in [0.1, 0.15) is 41.2 Å². The molecule has 4 aromatic carbocycles. The highest BCUT2D eigenvalue weighted by atomic mass is 32.2. The summed E-state index contributed by atoms with van der Waals surface area (Å²) < 4.78 is 39.7. The summed E-state index contributed by atoms with van der Waals surface area (Å²) in [6.07, 6.45) is 3.60. The molecule has 0 bridgehead atoms. The minimum Gasteiger partial charge on any atom is -0.269 e. The monoisotopic (exact) mass is 525 g/mol. The van der Waals surface area contributed by atoms with Crippen LogP contribution in [0.25, 0.3) is 17.2 Å². The van der Waals surface area contributed by atoms with Crippen molar-refractivity contribution in [3.05, 3.63) is 149 Å². The fourth-order valence-corrected chi connectivity index (χ4v) is 5.32. The van der Waals surface area contributed by atoms with Gasteiger partial charge in [-0.2, -0.15) is 0 Å². The lowest BCUT2D eigenvalue weighted by atomic mass is 9.88. The Morgan fingerprint density at radius 2 is 1.32 bits per heavy atom. The van der Waals surface area contributed by atoms with Crippen molar-refractivity contribution >= 4 is 33.2 Å². The number of sulfonamides is 1. The van der Waals surface area contributed by atoms with Gasteiger partial charge in [-0.25, -0.2) is 17.5 Å². The lowest BCUT2D eigenvalue weighted by Gasteiger charge is -2.16. The quantitative estimate of drug-likeness (QED) is 0.192. The number of carbonyl (C=O) groups is 1. The minimum atomic E-state index is -3.92. The highest BCUT2D eigenvalue weighted by Gasteiger charge is 2.15. The predicted molar refractivity (Wildman–Crippen MR) is 152 cm³/mol. The van der Waals surface area contributed by atoms with Crippen molar-refractivity contribution in [3.63, 3.8) is 0 Å². The summed E-state index contributed by atoms with van der Waals surface area (Å²) in [5.41, 5.74) is 6.82. The largest absolute Gasteiger partial charge is 0.269 e. The first-order chi connectivity index (χ1) is 18.3. The number of nitrogens with one attached hydrogen (secondary N) is 1. The molecule has 0 radical (unpaired) electrons. The SMILES string of the molecule is CC/C(=C(\c1ccccc1)c1ccc(/C=C/C(=O)NS(=O)(=O)Cc2ccc(F)cc2)cc1)c1ccccc1. The van der Waals surface area contributed by atoms with E-state index < -0.39 is 27.5 Å². The summed E-state index contributed by atoms with van der Waals surface area (Å²) >= 11 is 0. The van der Waals surface area contributed by atoms with Gasteiger partial charge in [-0.15, -0.1) is 0 Å². The molecule has 0 saturated heterocycles. The number of allylic oxidation sites excluding steroid dienone is 1. The van der Waals surface area contributed by atoms with Crippen LogP contribution >= 0.6 is 0 Å². The first-order valence-electron chi connectivity index (χ1n) is 12.3.